The van der Waals surface area contributed by atoms with Crippen LogP contribution in [0.4, 0.5) is 0 Å². The van der Waals surface area contributed by atoms with Gasteiger partial charge in [0.25, 0.3) is 6.47 Å². The van der Waals surface area contributed by atoms with E-state index in [1.807, 2.05) is 18.2 Å². The van der Waals surface area contributed by atoms with Crippen molar-refractivity contribution in [3.63, 3.8) is 0 Å². The summed E-state index contributed by atoms with van der Waals surface area (Å²) in [4.78, 5) is 16.9. The Bertz CT molecular complexity index is 397. The van der Waals surface area contributed by atoms with Crippen molar-refractivity contribution in [2.24, 2.45) is 5.73 Å². The molecule has 0 aliphatic rings. The molecule has 2 atom stereocenters. The van der Waals surface area contributed by atoms with E-state index in [1.165, 1.54) is 5.56 Å². The standard InChI is InChI=1S/C15H24O2.CH3NO.CH2O2/c1-12(13(2)17-15(3,4)5)16-11-14-9-7-6-8-10-14;2*2-1-3/h6-10,12-13H,11H2,1-5H3;1H,(H2,2,3);1H,(H,2,3). The zero-order chi connectivity index (χ0) is 18.3. The van der Waals surface area contributed by atoms with Crippen molar-refractivity contribution < 1.29 is 24.2 Å². The normalized spacial score (nSPS) is 12.6. The van der Waals surface area contributed by atoms with Crippen LogP contribution in [0.5, 0.6) is 0 Å². The number of carbonyl (C=O) groups excluding carboxylic acids is 1. The van der Waals surface area contributed by atoms with Crippen LogP contribution >= 0.6 is 0 Å². The van der Waals surface area contributed by atoms with Gasteiger partial charge in [-0.1, -0.05) is 30.3 Å². The smallest absolute Gasteiger partial charge is 0.290 e. The number of hydrogen-bond acceptors (Lipinski definition) is 4. The molecule has 3 N–H and O–H groups in total. The van der Waals surface area contributed by atoms with E-state index >= 15 is 0 Å². The fourth-order valence-corrected chi connectivity index (χ4v) is 1.59. The summed E-state index contributed by atoms with van der Waals surface area (Å²) >= 11 is 0. The van der Waals surface area contributed by atoms with Crippen LogP contribution in [-0.4, -0.2) is 35.8 Å². The molecule has 0 saturated heterocycles. The van der Waals surface area contributed by atoms with Crippen molar-refractivity contribution in [1.82, 2.24) is 0 Å². The Morgan fingerprint density at radius 3 is 1.96 bits per heavy atom. The van der Waals surface area contributed by atoms with Crippen LogP contribution in [0, 0.1) is 0 Å². The molecule has 0 aliphatic carbocycles. The molecule has 0 aliphatic heterocycles. The first-order valence-corrected chi connectivity index (χ1v) is 7.28. The molecule has 6 nitrogen and oxygen atoms in total. The summed E-state index contributed by atoms with van der Waals surface area (Å²) < 4.78 is 11.7. The summed E-state index contributed by atoms with van der Waals surface area (Å²) in [5.41, 5.74) is 5.24. The summed E-state index contributed by atoms with van der Waals surface area (Å²) in [7, 11) is 0. The van der Waals surface area contributed by atoms with Gasteiger partial charge in [0.05, 0.1) is 24.4 Å². The Morgan fingerprint density at radius 2 is 1.57 bits per heavy atom. The zero-order valence-corrected chi connectivity index (χ0v) is 14.6. The molecule has 0 fully saturated rings. The van der Waals surface area contributed by atoms with Gasteiger partial charge in [-0.3, -0.25) is 9.59 Å². The highest BCUT2D eigenvalue weighted by atomic mass is 16.6. The number of primary amides is 1. The van der Waals surface area contributed by atoms with Crippen molar-refractivity contribution in [3.8, 4) is 0 Å². The van der Waals surface area contributed by atoms with Crippen LogP contribution < -0.4 is 5.73 Å². The fourth-order valence-electron chi connectivity index (χ4n) is 1.59. The van der Waals surface area contributed by atoms with Crippen LogP contribution in [0.15, 0.2) is 30.3 Å². The number of rotatable bonds is 5. The molecular formula is C17H29NO5. The van der Waals surface area contributed by atoms with Gasteiger partial charge in [0.1, 0.15) is 0 Å². The van der Waals surface area contributed by atoms with Crippen molar-refractivity contribution in [3.05, 3.63) is 35.9 Å². The summed E-state index contributed by atoms with van der Waals surface area (Å²) in [6.45, 7) is 10.7. The molecule has 0 bridgehead atoms. The first-order chi connectivity index (χ1) is 10.7. The summed E-state index contributed by atoms with van der Waals surface area (Å²) in [5.74, 6) is 0. The van der Waals surface area contributed by atoms with Crippen LogP contribution in [0.2, 0.25) is 0 Å². The van der Waals surface area contributed by atoms with E-state index < -0.39 is 0 Å². The Labute approximate surface area is 138 Å². The molecule has 1 aromatic carbocycles. The van der Waals surface area contributed by atoms with Gasteiger partial charge in [-0.25, -0.2) is 0 Å². The summed E-state index contributed by atoms with van der Waals surface area (Å²) in [6.07, 6.45) is 0.438. The van der Waals surface area contributed by atoms with E-state index in [4.69, 9.17) is 24.2 Å². The van der Waals surface area contributed by atoms with Crippen LogP contribution in [0.3, 0.4) is 0 Å². The largest absolute Gasteiger partial charge is 0.483 e. The highest BCUT2D eigenvalue weighted by molar-refractivity contribution is 5.42. The van der Waals surface area contributed by atoms with Gasteiger partial charge in [-0.15, -0.1) is 0 Å². The topological polar surface area (TPSA) is 98.9 Å². The Morgan fingerprint density at radius 1 is 1.13 bits per heavy atom. The maximum atomic E-state index is 8.58. The van der Waals surface area contributed by atoms with E-state index in [-0.39, 0.29) is 30.7 Å². The molecule has 0 radical (unpaired) electrons. The molecular weight excluding hydrogens is 298 g/mol. The molecule has 6 heteroatoms. The second kappa shape index (κ2) is 13.7. The number of hydrogen-bond donors (Lipinski definition) is 2. The molecule has 1 aromatic rings. The van der Waals surface area contributed by atoms with Gasteiger partial charge in [0, 0.05) is 0 Å². The van der Waals surface area contributed by atoms with Crippen LogP contribution in [0.1, 0.15) is 40.2 Å². The number of nitrogens with two attached hydrogens (primary N) is 1. The highest BCUT2D eigenvalue weighted by Crippen LogP contribution is 2.15. The SMILES string of the molecule is CC(OCc1ccccc1)C(C)OC(C)(C)C.NC=O.O=CO. The van der Waals surface area contributed by atoms with E-state index in [2.05, 4.69) is 52.5 Å². The first kappa shape index (κ1) is 23.3. The average Bonchev–Trinajstić information content (AvgIpc) is 2.45. The molecule has 23 heavy (non-hydrogen) atoms. The Hall–Kier alpha value is -1.92. The van der Waals surface area contributed by atoms with Crippen molar-refractivity contribution in [1.29, 1.82) is 0 Å². The third kappa shape index (κ3) is 16.3. The van der Waals surface area contributed by atoms with Gasteiger partial charge in [-0.05, 0) is 40.2 Å². The van der Waals surface area contributed by atoms with Gasteiger partial charge >= 0.3 is 0 Å². The molecule has 2 unspecified atom stereocenters. The molecule has 1 rings (SSSR count). The molecule has 0 aromatic heterocycles. The van der Waals surface area contributed by atoms with Crippen molar-refractivity contribution >= 4 is 12.9 Å². The van der Waals surface area contributed by atoms with Gasteiger partial charge < -0.3 is 20.3 Å². The third-order valence-corrected chi connectivity index (χ3v) is 2.56. The Balaban J connectivity index is 0. The lowest BCUT2D eigenvalue weighted by Gasteiger charge is -2.29. The van der Waals surface area contributed by atoms with Crippen LogP contribution in [-0.2, 0) is 25.7 Å². The summed E-state index contributed by atoms with van der Waals surface area (Å²) in [5, 5.41) is 6.89. The average molecular weight is 327 g/mol. The second-order valence-electron chi connectivity index (χ2n) is 5.68. The van der Waals surface area contributed by atoms with E-state index in [0.717, 1.165) is 0 Å². The molecule has 132 valence electrons. The lowest BCUT2D eigenvalue weighted by atomic mass is 10.1. The van der Waals surface area contributed by atoms with Gasteiger partial charge in [0.2, 0.25) is 6.41 Å². The Kier molecular flexibility index (Phi) is 13.9. The quantitative estimate of drug-likeness (QED) is 0.810. The van der Waals surface area contributed by atoms with Crippen molar-refractivity contribution in [2.45, 2.75) is 59.0 Å². The van der Waals surface area contributed by atoms with E-state index in [9.17, 15) is 0 Å². The highest BCUT2D eigenvalue weighted by Gasteiger charge is 2.20. The first-order valence-electron chi connectivity index (χ1n) is 7.28. The van der Waals surface area contributed by atoms with E-state index in [0.29, 0.717) is 6.61 Å². The molecule has 0 saturated carbocycles. The third-order valence-electron chi connectivity index (χ3n) is 2.56. The molecule has 0 heterocycles. The predicted octanol–water partition coefficient (Wildman–Crippen LogP) is 2.60. The zero-order valence-electron chi connectivity index (χ0n) is 14.6. The lowest BCUT2D eigenvalue weighted by molar-refractivity contribution is -0.122. The predicted molar refractivity (Wildman–Crippen MR) is 89.9 cm³/mol. The van der Waals surface area contributed by atoms with E-state index in [1.54, 1.807) is 0 Å². The maximum absolute atomic E-state index is 8.58. The maximum Gasteiger partial charge on any atom is 0.290 e. The van der Waals surface area contributed by atoms with Crippen molar-refractivity contribution in [2.75, 3.05) is 0 Å². The number of carboxylic acid groups (broad SMARTS) is 1. The monoisotopic (exact) mass is 327 g/mol. The van der Waals surface area contributed by atoms with Crippen LogP contribution in [0.25, 0.3) is 0 Å². The number of amides is 1. The number of ether oxygens (including phenoxy) is 2. The molecule has 0 spiro atoms. The minimum atomic E-state index is -0.250. The lowest BCUT2D eigenvalue weighted by Crippen LogP contribution is -2.33. The minimum Gasteiger partial charge on any atom is -0.483 e. The minimum absolute atomic E-state index is 0.0921. The molecule has 1 amide bonds. The summed E-state index contributed by atoms with van der Waals surface area (Å²) in [6, 6.07) is 10.2. The second-order valence-corrected chi connectivity index (χ2v) is 5.68. The number of benzene rings is 1. The fraction of sp³-hybridized carbons (Fsp3) is 0.529. The van der Waals surface area contributed by atoms with Gasteiger partial charge in [-0.2, -0.15) is 0 Å². The van der Waals surface area contributed by atoms with Gasteiger partial charge in [0.15, 0.2) is 0 Å². The number of carbonyl (C=O) groups is 2.